The third-order valence-corrected chi connectivity index (χ3v) is 4.21. The first-order valence-electron chi connectivity index (χ1n) is 7.26. The van der Waals surface area contributed by atoms with E-state index in [9.17, 15) is 4.79 Å². The Bertz CT molecular complexity index is 257. The second-order valence-electron chi connectivity index (χ2n) is 5.66. The van der Waals surface area contributed by atoms with Crippen molar-refractivity contribution in [3.63, 3.8) is 0 Å². The first-order valence-corrected chi connectivity index (χ1v) is 7.26. The van der Waals surface area contributed by atoms with Gasteiger partial charge in [0.05, 0.1) is 0 Å². The SMILES string of the molecule is CCN(C)CCNC(=O)C(C)C1CCCC(N)C1. The summed E-state index contributed by atoms with van der Waals surface area (Å²) < 4.78 is 0. The number of hydrogen-bond donors (Lipinski definition) is 2. The molecule has 0 heterocycles. The Kier molecular flexibility index (Phi) is 6.65. The molecule has 4 heteroatoms. The molecule has 0 spiro atoms. The van der Waals surface area contributed by atoms with E-state index in [4.69, 9.17) is 5.73 Å². The molecule has 1 aliphatic rings. The summed E-state index contributed by atoms with van der Waals surface area (Å²) >= 11 is 0. The summed E-state index contributed by atoms with van der Waals surface area (Å²) in [7, 11) is 2.07. The van der Waals surface area contributed by atoms with Crippen molar-refractivity contribution in [3.8, 4) is 0 Å². The van der Waals surface area contributed by atoms with Crippen molar-refractivity contribution >= 4 is 5.91 Å². The average molecular weight is 255 g/mol. The Hall–Kier alpha value is -0.610. The van der Waals surface area contributed by atoms with Gasteiger partial charge >= 0.3 is 0 Å². The predicted octanol–water partition coefficient (Wildman–Crippen LogP) is 1.21. The van der Waals surface area contributed by atoms with E-state index in [1.54, 1.807) is 0 Å². The molecule has 1 amide bonds. The zero-order valence-electron chi connectivity index (χ0n) is 12.1. The normalized spacial score (nSPS) is 26.1. The van der Waals surface area contributed by atoms with E-state index >= 15 is 0 Å². The van der Waals surface area contributed by atoms with Crippen LogP contribution in [-0.2, 0) is 4.79 Å². The van der Waals surface area contributed by atoms with Crippen molar-refractivity contribution < 1.29 is 4.79 Å². The predicted molar refractivity (Wildman–Crippen MR) is 75.3 cm³/mol. The van der Waals surface area contributed by atoms with Crippen molar-refractivity contribution in [1.82, 2.24) is 10.2 Å². The molecular weight excluding hydrogens is 226 g/mol. The number of carbonyl (C=O) groups excluding carboxylic acids is 1. The summed E-state index contributed by atoms with van der Waals surface area (Å²) in [6, 6.07) is 0.297. The number of hydrogen-bond acceptors (Lipinski definition) is 3. The first-order chi connectivity index (χ1) is 8.54. The van der Waals surface area contributed by atoms with E-state index in [1.807, 2.05) is 6.92 Å². The maximum atomic E-state index is 12.0. The van der Waals surface area contributed by atoms with Crippen LogP contribution in [0.3, 0.4) is 0 Å². The molecule has 0 aromatic carbocycles. The van der Waals surface area contributed by atoms with Gasteiger partial charge in [0, 0.05) is 25.0 Å². The molecule has 0 radical (unpaired) electrons. The number of nitrogens with one attached hydrogen (secondary N) is 1. The molecule has 0 aliphatic heterocycles. The molecule has 4 nitrogen and oxygen atoms in total. The highest BCUT2D eigenvalue weighted by molar-refractivity contribution is 5.78. The summed E-state index contributed by atoms with van der Waals surface area (Å²) in [4.78, 5) is 14.2. The smallest absolute Gasteiger partial charge is 0.223 e. The lowest BCUT2D eigenvalue weighted by molar-refractivity contribution is -0.126. The van der Waals surface area contributed by atoms with Crippen LogP contribution in [0.2, 0.25) is 0 Å². The molecule has 0 aromatic rings. The van der Waals surface area contributed by atoms with Gasteiger partial charge in [0.1, 0.15) is 0 Å². The maximum Gasteiger partial charge on any atom is 0.223 e. The zero-order valence-corrected chi connectivity index (χ0v) is 12.1. The Morgan fingerprint density at radius 2 is 2.22 bits per heavy atom. The maximum absolute atomic E-state index is 12.0. The molecule has 18 heavy (non-hydrogen) atoms. The molecule has 0 aromatic heterocycles. The van der Waals surface area contributed by atoms with Gasteiger partial charge in [-0.05, 0) is 38.8 Å². The molecule has 0 saturated heterocycles. The van der Waals surface area contributed by atoms with Crippen molar-refractivity contribution in [1.29, 1.82) is 0 Å². The minimum Gasteiger partial charge on any atom is -0.355 e. The summed E-state index contributed by atoms with van der Waals surface area (Å²) in [5.74, 6) is 0.763. The third kappa shape index (κ3) is 4.94. The quantitative estimate of drug-likeness (QED) is 0.750. The fourth-order valence-corrected chi connectivity index (χ4v) is 2.62. The fourth-order valence-electron chi connectivity index (χ4n) is 2.62. The summed E-state index contributed by atoms with van der Waals surface area (Å²) in [5.41, 5.74) is 5.98. The standard InChI is InChI=1S/C14H29N3O/c1-4-17(3)9-8-16-14(18)11(2)12-6-5-7-13(15)10-12/h11-13H,4-10,15H2,1-3H3,(H,16,18). The Balaban J connectivity index is 2.27. The van der Waals surface area contributed by atoms with Crippen LogP contribution in [0.1, 0.15) is 39.5 Å². The number of rotatable bonds is 6. The van der Waals surface area contributed by atoms with Crippen molar-refractivity contribution in [2.75, 3.05) is 26.7 Å². The van der Waals surface area contributed by atoms with Gasteiger partial charge in [0.2, 0.25) is 5.91 Å². The lowest BCUT2D eigenvalue weighted by Crippen LogP contribution is -2.40. The molecule has 1 rings (SSSR count). The van der Waals surface area contributed by atoms with Gasteiger partial charge in [-0.3, -0.25) is 4.79 Å². The summed E-state index contributed by atoms with van der Waals surface area (Å²) in [5, 5.41) is 3.04. The lowest BCUT2D eigenvalue weighted by Gasteiger charge is -2.30. The second-order valence-corrected chi connectivity index (χ2v) is 5.66. The molecule has 0 bridgehead atoms. The van der Waals surface area contributed by atoms with Crippen LogP contribution in [-0.4, -0.2) is 43.5 Å². The minimum absolute atomic E-state index is 0.100. The summed E-state index contributed by atoms with van der Waals surface area (Å²) in [6.07, 6.45) is 4.44. The van der Waals surface area contributed by atoms with Gasteiger partial charge in [-0.2, -0.15) is 0 Å². The Morgan fingerprint density at radius 3 is 2.83 bits per heavy atom. The average Bonchev–Trinajstić information content (AvgIpc) is 2.37. The highest BCUT2D eigenvalue weighted by atomic mass is 16.1. The monoisotopic (exact) mass is 255 g/mol. The second kappa shape index (κ2) is 7.74. The van der Waals surface area contributed by atoms with E-state index in [-0.39, 0.29) is 11.8 Å². The van der Waals surface area contributed by atoms with Crippen LogP contribution < -0.4 is 11.1 Å². The molecule has 106 valence electrons. The van der Waals surface area contributed by atoms with E-state index in [0.717, 1.165) is 38.9 Å². The van der Waals surface area contributed by atoms with Crippen LogP contribution in [0.4, 0.5) is 0 Å². The fraction of sp³-hybridized carbons (Fsp3) is 0.929. The largest absolute Gasteiger partial charge is 0.355 e. The van der Waals surface area contributed by atoms with Crippen LogP contribution in [0.15, 0.2) is 0 Å². The van der Waals surface area contributed by atoms with Crippen molar-refractivity contribution in [3.05, 3.63) is 0 Å². The van der Waals surface area contributed by atoms with Gasteiger partial charge in [0.25, 0.3) is 0 Å². The van der Waals surface area contributed by atoms with Crippen molar-refractivity contribution in [2.45, 2.75) is 45.6 Å². The van der Waals surface area contributed by atoms with Gasteiger partial charge in [0.15, 0.2) is 0 Å². The highest BCUT2D eigenvalue weighted by Gasteiger charge is 2.28. The van der Waals surface area contributed by atoms with E-state index in [2.05, 4.69) is 24.2 Å². The van der Waals surface area contributed by atoms with Crippen LogP contribution in [0.25, 0.3) is 0 Å². The van der Waals surface area contributed by atoms with E-state index in [0.29, 0.717) is 12.0 Å². The molecule has 3 atom stereocenters. The summed E-state index contributed by atoms with van der Waals surface area (Å²) in [6.45, 7) is 6.84. The zero-order chi connectivity index (χ0) is 13.5. The molecular formula is C14H29N3O. The lowest BCUT2D eigenvalue weighted by atomic mass is 9.78. The van der Waals surface area contributed by atoms with E-state index in [1.165, 1.54) is 6.42 Å². The number of amides is 1. The number of nitrogens with two attached hydrogens (primary N) is 1. The number of nitrogens with zero attached hydrogens (tertiary/aromatic N) is 1. The van der Waals surface area contributed by atoms with Crippen LogP contribution in [0.5, 0.6) is 0 Å². The molecule has 3 N–H and O–H groups in total. The Labute approximate surface area is 111 Å². The van der Waals surface area contributed by atoms with Crippen LogP contribution in [0, 0.1) is 11.8 Å². The van der Waals surface area contributed by atoms with Gasteiger partial charge in [-0.25, -0.2) is 0 Å². The third-order valence-electron chi connectivity index (χ3n) is 4.21. The van der Waals surface area contributed by atoms with E-state index < -0.39 is 0 Å². The van der Waals surface area contributed by atoms with Gasteiger partial charge in [-0.1, -0.05) is 20.3 Å². The molecule has 1 aliphatic carbocycles. The molecule has 1 saturated carbocycles. The highest BCUT2D eigenvalue weighted by Crippen LogP contribution is 2.29. The molecule has 1 fully saturated rings. The van der Waals surface area contributed by atoms with Gasteiger partial charge in [-0.15, -0.1) is 0 Å². The topological polar surface area (TPSA) is 58.4 Å². The Morgan fingerprint density at radius 1 is 1.50 bits per heavy atom. The van der Waals surface area contributed by atoms with Crippen LogP contribution >= 0.6 is 0 Å². The number of carbonyl (C=O) groups is 1. The number of likely N-dealkylation sites (N-methyl/N-ethyl adjacent to an activating group) is 1. The molecule has 3 unspecified atom stereocenters. The van der Waals surface area contributed by atoms with Gasteiger partial charge < -0.3 is 16.0 Å². The minimum atomic E-state index is 0.100. The first kappa shape index (κ1) is 15.4. The van der Waals surface area contributed by atoms with Crippen molar-refractivity contribution in [2.24, 2.45) is 17.6 Å².